The van der Waals surface area contributed by atoms with Gasteiger partial charge in [0.15, 0.2) is 0 Å². The maximum absolute atomic E-state index is 12.4. The number of imidazole rings is 1. The van der Waals surface area contributed by atoms with Gasteiger partial charge in [0.2, 0.25) is 0 Å². The van der Waals surface area contributed by atoms with E-state index >= 15 is 0 Å². The van der Waals surface area contributed by atoms with Gasteiger partial charge in [-0.3, -0.25) is 4.79 Å². The second-order valence-corrected chi connectivity index (χ2v) is 8.62. The predicted octanol–water partition coefficient (Wildman–Crippen LogP) is 5.39. The van der Waals surface area contributed by atoms with Crippen LogP contribution in [0.5, 0.6) is 0 Å². The molecule has 2 aromatic heterocycles. The van der Waals surface area contributed by atoms with E-state index in [0.717, 1.165) is 44.3 Å². The second kappa shape index (κ2) is 8.40. The quantitative estimate of drug-likeness (QED) is 0.393. The van der Waals surface area contributed by atoms with Crippen LogP contribution in [0.4, 0.5) is 0 Å². The van der Waals surface area contributed by atoms with Gasteiger partial charge in [-0.2, -0.15) is 0 Å². The maximum Gasteiger partial charge on any atom is 0.311 e. The first-order valence-corrected chi connectivity index (χ1v) is 10.9. The number of hydrogen-bond acceptors (Lipinski definition) is 5. The van der Waals surface area contributed by atoms with Crippen LogP contribution < -0.4 is 0 Å². The monoisotopic (exact) mass is 419 g/mol. The number of carbonyl (C=O) groups is 1. The summed E-state index contributed by atoms with van der Waals surface area (Å²) in [5.74, 6) is -0.242. The van der Waals surface area contributed by atoms with Crippen molar-refractivity contribution in [2.75, 3.05) is 0 Å². The molecule has 6 heteroatoms. The molecule has 0 fully saturated rings. The Labute approximate surface area is 180 Å². The number of carbonyl (C=O) groups excluding carboxylic acids is 1. The Kier molecular flexibility index (Phi) is 5.68. The van der Waals surface area contributed by atoms with Crippen LogP contribution >= 0.6 is 11.3 Å². The summed E-state index contributed by atoms with van der Waals surface area (Å²) in [5, 5.41) is 0.949. The first-order valence-electron chi connectivity index (χ1n) is 10.1. The molecule has 30 heavy (non-hydrogen) atoms. The average Bonchev–Trinajstić information content (AvgIpc) is 3.29. The van der Waals surface area contributed by atoms with E-state index in [0.29, 0.717) is 0 Å². The SMILES string of the molecule is CCn1cnc2cc(COC(=O)Cc3sc(-c4ccc(C)cc4C)nc3C)ccc21. The van der Waals surface area contributed by atoms with Crippen molar-refractivity contribution in [1.82, 2.24) is 14.5 Å². The minimum Gasteiger partial charge on any atom is -0.461 e. The Morgan fingerprint density at radius 2 is 1.97 bits per heavy atom. The number of ether oxygens (including phenoxy) is 1. The Balaban J connectivity index is 1.42. The number of fused-ring (bicyclic) bond motifs is 1. The average molecular weight is 420 g/mol. The van der Waals surface area contributed by atoms with E-state index in [9.17, 15) is 4.79 Å². The van der Waals surface area contributed by atoms with Crippen LogP contribution in [0.2, 0.25) is 0 Å². The molecule has 0 aliphatic rings. The molecular formula is C24H25N3O2S. The van der Waals surface area contributed by atoms with Crippen molar-refractivity contribution in [1.29, 1.82) is 0 Å². The second-order valence-electron chi connectivity index (χ2n) is 7.54. The molecule has 0 aliphatic carbocycles. The largest absolute Gasteiger partial charge is 0.461 e. The summed E-state index contributed by atoms with van der Waals surface area (Å²) in [6.45, 7) is 9.33. The van der Waals surface area contributed by atoms with Gasteiger partial charge < -0.3 is 9.30 Å². The normalized spacial score (nSPS) is 11.2. The van der Waals surface area contributed by atoms with Crippen molar-refractivity contribution in [3.8, 4) is 10.6 Å². The number of aryl methyl sites for hydroxylation is 4. The van der Waals surface area contributed by atoms with Gasteiger partial charge >= 0.3 is 5.97 Å². The molecule has 5 nitrogen and oxygen atoms in total. The molecule has 0 atom stereocenters. The van der Waals surface area contributed by atoms with Gasteiger partial charge in [0.1, 0.15) is 11.6 Å². The molecule has 154 valence electrons. The zero-order valence-electron chi connectivity index (χ0n) is 17.7. The molecule has 2 aromatic carbocycles. The fourth-order valence-electron chi connectivity index (χ4n) is 3.56. The van der Waals surface area contributed by atoms with Crippen molar-refractivity contribution in [2.45, 2.75) is 47.3 Å². The van der Waals surface area contributed by atoms with Crippen LogP contribution in [0.3, 0.4) is 0 Å². The standard InChI is InChI=1S/C24H25N3O2S/c1-5-27-14-25-20-11-18(7-9-21(20)27)13-29-23(28)12-22-17(4)26-24(30-22)19-8-6-15(2)10-16(19)3/h6-11,14H,5,12-13H2,1-4H3. The summed E-state index contributed by atoms with van der Waals surface area (Å²) in [7, 11) is 0. The predicted molar refractivity (Wildman–Crippen MR) is 121 cm³/mol. The van der Waals surface area contributed by atoms with E-state index in [2.05, 4.69) is 53.5 Å². The number of hydrogen-bond donors (Lipinski definition) is 0. The molecule has 0 amide bonds. The summed E-state index contributed by atoms with van der Waals surface area (Å²) in [4.78, 5) is 22.5. The highest BCUT2D eigenvalue weighted by Crippen LogP contribution is 2.31. The molecule has 4 rings (SSSR count). The highest BCUT2D eigenvalue weighted by atomic mass is 32.1. The van der Waals surface area contributed by atoms with Crippen molar-refractivity contribution in [3.63, 3.8) is 0 Å². The maximum atomic E-state index is 12.4. The number of esters is 1. The summed E-state index contributed by atoms with van der Waals surface area (Å²) in [6.07, 6.45) is 2.07. The zero-order valence-corrected chi connectivity index (χ0v) is 18.5. The van der Waals surface area contributed by atoms with Gasteiger partial charge in [-0.15, -0.1) is 11.3 Å². The van der Waals surface area contributed by atoms with Crippen molar-refractivity contribution < 1.29 is 9.53 Å². The third kappa shape index (κ3) is 4.14. The minimum absolute atomic E-state index is 0.237. The van der Waals surface area contributed by atoms with Crippen LogP contribution in [0.15, 0.2) is 42.7 Å². The van der Waals surface area contributed by atoms with Crippen molar-refractivity contribution in [3.05, 3.63) is 70.0 Å². The number of nitrogens with zero attached hydrogens (tertiary/aromatic N) is 3. The molecular weight excluding hydrogens is 394 g/mol. The summed E-state index contributed by atoms with van der Waals surface area (Å²) >= 11 is 1.57. The summed E-state index contributed by atoms with van der Waals surface area (Å²) < 4.78 is 7.62. The number of aromatic nitrogens is 3. The highest BCUT2D eigenvalue weighted by molar-refractivity contribution is 7.15. The Morgan fingerprint density at radius 1 is 1.13 bits per heavy atom. The lowest BCUT2D eigenvalue weighted by Crippen LogP contribution is -2.07. The first kappa shape index (κ1) is 20.3. The molecule has 0 bridgehead atoms. The molecule has 0 saturated heterocycles. The smallest absolute Gasteiger partial charge is 0.311 e. The lowest BCUT2D eigenvalue weighted by molar-refractivity contribution is -0.144. The molecule has 0 aliphatic heterocycles. The summed E-state index contributed by atoms with van der Waals surface area (Å²) in [5.41, 5.74) is 7.38. The van der Waals surface area contributed by atoms with E-state index in [4.69, 9.17) is 4.74 Å². The topological polar surface area (TPSA) is 57.0 Å². The van der Waals surface area contributed by atoms with Crippen LogP contribution in [0.25, 0.3) is 21.6 Å². The minimum atomic E-state index is -0.242. The fourth-order valence-corrected chi connectivity index (χ4v) is 4.70. The van der Waals surface area contributed by atoms with Gasteiger partial charge in [0, 0.05) is 17.0 Å². The Bertz CT molecular complexity index is 1220. The van der Waals surface area contributed by atoms with Gasteiger partial charge in [0.25, 0.3) is 0 Å². The molecule has 0 spiro atoms. The van der Waals surface area contributed by atoms with E-state index in [1.54, 1.807) is 11.3 Å². The molecule has 2 heterocycles. The third-order valence-corrected chi connectivity index (χ3v) is 6.43. The molecule has 4 aromatic rings. The Hall–Kier alpha value is -2.99. The molecule has 0 unspecified atom stereocenters. The van der Waals surface area contributed by atoms with Crippen LogP contribution in [-0.2, 0) is 29.1 Å². The van der Waals surface area contributed by atoms with Gasteiger partial charge in [-0.1, -0.05) is 29.8 Å². The molecule has 0 saturated carbocycles. The lowest BCUT2D eigenvalue weighted by atomic mass is 10.1. The highest BCUT2D eigenvalue weighted by Gasteiger charge is 2.15. The van der Waals surface area contributed by atoms with E-state index in [-0.39, 0.29) is 19.0 Å². The fraction of sp³-hybridized carbons (Fsp3) is 0.292. The van der Waals surface area contributed by atoms with E-state index in [1.165, 1.54) is 11.1 Å². The lowest BCUT2D eigenvalue weighted by Gasteiger charge is -2.05. The van der Waals surface area contributed by atoms with Crippen LogP contribution in [0, 0.1) is 20.8 Å². The van der Waals surface area contributed by atoms with Gasteiger partial charge in [-0.25, -0.2) is 9.97 Å². The van der Waals surface area contributed by atoms with E-state index in [1.807, 2.05) is 31.5 Å². The number of thiazole rings is 1. The Morgan fingerprint density at radius 3 is 2.73 bits per heavy atom. The van der Waals surface area contributed by atoms with Crippen LogP contribution in [0.1, 0.15) is 34.2 Å². The van der Waals surface area contributed by atoms with Crippen molar-refractivity contribution >= 4 is 28.3 Å². The molecule has 0 N–H and O–H groups in total. The molecule has 0 radical (unpaired) electrons. The van der Waals surface area contributed by atoms with E-state index < -0.39 is 0 Å². The van der Waals surface area contributed by atoms with Gasteiger partial charge in [0.05, 0.1) is 29.5 Å². The number of benzene rings is 2. The van der Waals surface area contributed by atoms with Gasteiger partial charge in [-0.05, 0) is 51.0 Å². The van der Waals surface area contributed by atoms with Crippen LogP contribution in [-0.4, -0.2) is 20.5 Å². The first-order chi connectivity index (χ1) is 14.4. The third-order valence-electron chi connectivity index (χ3n) is 5.24. The summed E-state index contributed by atoms with van der Waals surface area (Å²) in [6, 6.07) is 12.3. The zero-order chi connectivity index (χ0) is 21.3. The van der Waals surface area contributed by atoms with Crippen molar-refractivity contribution in [2.24, 2.45) is 0 Å². The number of rotatable bonds is 6.